The van der Waals surface area contributed by atoms with Gasteiger partial charge in [0.05, 0.1) is 0 Å². The average molecular weight is 288 g/mol. The Morgan fingerprint density at radius 2 is 2.14 bits per heavy atom. The third-order valence-electron chi connectivity index (χ3n) is 4.59. The Balaban J connectivity index is 1.45. The first-order valence-electron chi connectivity index (χ1n) is 7.68. The zero-order chi connectivity index (χ0) is 14.4. The molecule has 21 heavy (non-hydrogen) atoms. The van der Waals surface area contributed by atoms with Gasteiger partial charge in [0.15, 0.2) is 11.5 Å². The lowest BCUT2D eigenvalue weighted by Crippen LogP contribution is -2.47. The van der Waals surface area contributed by atoms with Crippen LogP contribution in [0.5, 0.6) is 11.5 Å². The minimum Gasteiger partial charge on any atom is -0.451 e. The number of amides is 1. The molecule has 0 aromatic heterocycles. The van der Waals surface area contributed by atoms with Crippen LogP contribution in [0.3, 0.4) is 0 Å². The van der Waals surface area contributed by atoms with Crippen LogP contribution in [0.4, 0.5) is 0 Å². The standard InChI is InChI=1S/C16H20N2O3/c1-10-20-14-3-2-12(7-15(14)21-10)16(19)17-13-6-11-4-5-18(8-11)9-13/h2-3,7,10-11,13H,4-6,8-9H2,1H3,(H,17,19)/t10?,11-,13+/m0/s1. The van der Waals surface area contributed by atoms with Gasteiger partial charge in [0.1, 0.15) is 0 Å². The first-order chi connectivity index (χ1) is 10.2. The van der Waals surface area contributed by atoms with E-state index in [-0.39, 0.29) is 18.2 Å². The molecule has 3 heterocycles. The molecule has 5 nitrogen and oxygen atoms in total. The SMILES string of the molecule is CC1Oc2ccc(C(=O)N[C@@H]3C[C@@H]4CCN(C4)C3)cc2O1. The molecule has 2 bridgehead atoms. The van der Waals surface area contributed by atoms with Crippen molar-refractivity contribution in [2.45, 2.75) is 32.1 Å². The van der Waals surface area contributed by atoms with Crippen molar-refractivity contribution >= 4 is 5.91 Å². The van der Waals surface area contributed by atoms with Crippen LogP contribution in [0.25, 0.3) is 0 Å². The van der Waals surface area contributed by atoms with Gasteiger partial charge in [-0.05, 0) is 43.5 Å². The highest BCUT2D eigenvalue weighted by atomic mass is 16.7. The number of nitrogens with zero attached hydrogens (tertiary/aromatic N) is 1. The molecule has 2 saturated heterocycles. The highest BCUT2D eigenvalue weighted by Crippen LogP contribution is 2.35. The van der Waals surface area contributed by atoms with Crippen molar-refractivity contribution in [3.63, 3.8) is 0 Å². The van der Waals surface area contributed by atoms with E-state index in [0.717, 1.165) is 18.9 Å². The Morgan fingerprint density at radius 3 is 3.00 bits per heavy atom. The maximum absolute atomic E-state index is 12.4. The highest BCUT2D eigenvalue weighted by Gasteiger charge is 2.33. The number of ether oxygens (including phenoxy) is 2. The quantitative estimate of drug-likeness (QED) is 0.898. The van der Waals surface area contributed by atoms with Crippen LogP contribution in [-0.4, -0.2) is 42.8 Å². The van der Waals surface area contributed by atoms with E-state index < -0.39 is 0 Å². The predicted octanol–water partition coefficient (Wildman–Crippen LogP) is 1.63. The van der Waals surface area contributed by atoms with E-state index in [0.29, 0.717) is 17.1 Å². The molecular formula is C16H20N2O3. The van der Waals surface area contributed by atoms with E-state index in [1.54, 1.807) is 12.1 Å². The van der Waals surface area contributed by atoms with Gasteiger partial charge in [-0.2, -0.15) is 0 Å². The van der Waals surface area contributed by atoms with Crippen molar-refractivity contribution in [2.24, 2.45) is 5.92 Å². The fourth-order valence-corrected chi connectivity index (χ4v) is 3.65. The van der Waals surface area contributed by atoms with Crippen LogP contribution in [0.2, 0.25) is 0 Å². The number of carbonyl (C=O) groups excluding carboxylic acids is 1. The number of piperidine rings is 1. The number of rotatable bonds is 2. The third kappa shape index (κ3) is 2.46. The minimum absolute atomic E-state index is 0.0200. The summed E-state index contributed by atoms with van der Waals surface area (Å²) in [4.78, 5) is 14.8. The van der Waals surface area contributed by atoms with Crippen LogP contribution in [-0.2, 0) is 0 Å². The van der Waals surface area contributed by atoms with Crippen LogP contribution in [0.1, 0.15) is 30.1 Å². The van der Waals surface area contributed by atoms with Gasteiger partial charge < -0.3 is 19.7 Å². The maximum atomic E-state index is 12.4. The van der Waals surface area contributed by atoms with E-state index in [1.165, 1.54) is 19.5 Å². The summed E-state index contributed by atoms with van der Waals surface area (Å²) in [5, 5.41) is 3.16. The van der Waals surface area contributed by atoms with E-state index in [2.05, 4.69) is 10.2 Å². The van der Waals surface area contributed by atoms with Gasteiger partial charge in [0.2, 0.25) is 6.29 Å². The Hall–Kier alpha value is -1.75. The van der Waals surface area contributed by atoms with Crippen LogP contribution in [0.15, 0.2) is 18.2 Å². The summed E-state index contributed by atoms with van der Waals surface area (Å²) >= 11 is 0. The van der Waals surface area contributed by atoms with Crippen molar-refractivity contribution in [3.05, 3.63) is 23.8 Å². The van der Waals surface area contributed by atoms with Gasteiger partial charge in [-0.15, -0.1) is 0 Å². The van der Waals surface area contributed by atoms with Gasteiger partial charge in [-0.1, -0.05) is 0 Å². The number of nitrogens with one attached hydrogen (secondary N) is 1. The zero-order valence-electron chi connectivity index (χ0n) is 12.2. The molecule has 0 spiro atoms. The van der Waals surface area contributed by atoms with Crippen molar-refractivity contribution < 1.29 is 14.3 Å². The van der Waals surface area contributed by atoms with Gasteiger partial charge in [-0.25, -0.2) is 0 Å². The first kappa shape index (κ1) is 13.0. The van der Waals surface area contributed by atoms with Crippen LogP contribution in [0, 0.1) is 5.92 Å². The molecule has 0 aliphatic carbocycles. The molecule has 0 saturated carbocycles. The molecule has 5 heteroatoms. The van der Waals surface area contributed by atoms with Gasteiger partial charge in [0.25, 0.3) is 5.91 Å². The maximum Gasteiger partial charge on any atom is 0.251 e. The van der Waals surface area contributed by atoms with Crippen molar-refractivity contribution in [2.75, 3.05) is 19.6 Å². The monoisotopic (exact) mass is 288 g/mol. The topological polar surface area (TPSA) is 50.8 Å². The van der Waals surface area contributed by atoms with E-state index in [4.69, 9.17) is 9.47 Å². The largest absolute Gasteiger partial charge is 0.451 e. The Bertz CT molecular complexity index is 563. The number of benzene rings is 1. The fourth-order valence-electron chi connectivity index (χ4n) is 3.65. The normalized spacial score (nSPS) is 33.0. The lowest BCUT2D eigenvalue weighted by Gasteiger charge is -2.30. The number of hydrogen-bond acceptors (Lipinski definition) is 4. The first-order valence-corrected chi connectivity index (χ1v) is 7.68. The van der Waals surface area contributed by atoms with Gasteiger partial charge in [-0.3, -0.25) is 4.79 Å². The average Bonchev–Trinajstić information content (AvgIpc) is 2.99. The molecule has 3 aliphatic heterocycles. The summed E-state index contributed by atoms with van der Waals surface area (Å²) in [5.74, 6) is 2.10. The second-order valence-corrected chi connectivity index (χ2v) is 6.29. The Morgan fingerprint density at radius 1 is 1.29 bits per heavy atom. The number of fused-ring (bicyclic) bond motifs is 3. The predicted molar refractivity (Wildman–Crippen MR) is 77.6 cm³/mol. The number of carbonyl (C=O) groups is 1. The summed E-state index contributed by atoms with van der Waals surface area (Å²) in [6, 6.07) is 5.64. The van der Waals surface area contributed by atoms with Crippen molar-refractivity contribution in [3.8, 4) is 11.5 Å². The molecule has 4 atom stereocenters. The molecular weight excluding hydrogens is 268 g/mol. The molecule has 1 amide bonds. The van der Waals surface area contributed by atoms with E-state index in [9.17, 15) is 4.79 Å². The van der Waals surface area contributed by atoms with E-state index in [1.807, 2.05) is 13.0 Å². The van der Waals surface area contributed by atoms with Gasteiger partial charge in [0, 0.05) is 31.6 Å². The lowest BCUT2D eigenvalue weighted by molar-refractivity contribution is 0.0677. The summed E-state index contributed by atoms with van der Waals surface area (Å²) in [6.45, 7) is 5.20. The smallest absolute Gasteiger partial charge is 0.251 e. The van der Waals surface area contributed by atoms with Crippen LogP contribution < -0.4 is 14.8 Å². The molecule has 2 fully saturated rings. The van der Waals surface area contributed by atoms with Crippen molar-refractivity contribution in [1.29, 1.82) is 0 Å². The molecule has 0 radical (unpaired) electrons. The summed E-state index contributed by atoms with van der Waals surface area (Å²) < 4.78 is 11.0. The third-order valence-corrected chi connectivity index (χ3v) is 4.59. The molecule has 112 valence electrons. The molecule has 2 unspecified atom stereocenters. The van der Waals surface area contributed by atoms with Gasteiger partial charge >= 0.3 is 0 Å². The fraction of sp³-hybridized carbons (Fsp3) is 0.562. The Kier molecular flexibility index (Phi) is 3.03. The Labute approximate surface area is 124 Å². The number of hydrogen-bond donors (Lipinski definition) is 1. The summed E-state index contributed by atoms with van der Waals surface area (Å²) in [6.07, 6.45) is 2.10. The summed E-state index contributed by atoms with van der Waals surface area (Å²) in [7, 11) is 0. The molecule has 4 rings (SSSR count). The molecule has 1 aromatic carbocycles. The van der Waals surface area contributed by atoms with Crippen molar-refractivity contribution in [1.82, 2.24) is 10.2 Å². The second kappa shape index (κ2) is 4.91. The van der Waals surface area contributed by atoms with E-state index >= 15 is 0 Å². The lowest BCUT2D eigenvalue weighted by atomic mass is 9.96. The summed E-state index contributed by atoms with van der Waals surface area (Å²) in [5.41, 5.74) is 0.638. The van der Waals surface area contributed by atoms with Crippen LogP contribution >= 0.6 is 0 Å². The highest BCUT2D eigenvalue weighted by molar-refractivity contribution is 5.95. The minimum atomic E-state index is -0.278. The second-order valence-electron chi connectivity index (χ2n) is 6.29. The zero-order valence-corrected chi connectivity index (χ0v) is 12.2. The molecule has 1 aromatic rings. The molecule has 1 N–H and O–H groups in total. The molecule has 3 aliphatic rings.